The molecule has 3 aromatic carbocycles. The van der Waals surface area contributed by atoms with Crippen molar-refractivity contribution in [3.05, 3.63) is 102 Å². The van der Waals surface area contributed by atoms with E-state index in [0.717, 1.165) is 27.6 Å². The van der Waals surface area contributed by atoms with Crippen LogP contribution in [0.25, 0.3) is 10.9 Å². The molecule has 1 heterocycles. The van der Waals surface area contributed by atoms with Gasteiger partial charge in [-0.25, -0.2) is 17.9 Å². The molecule has 0 saturated carbocycles. The Kier molecular flexibility index (Phi) is 13.4. The summed E-state index contributed by atoms with van der Waals surface area (Å²) in [6.45, 7) is 7.43. The summed E-state index contributed by atoms with van der Waals surface area (Å²) in [6, 6.07) is 21.4. The zero-order valence-electron chi connectivity index (χ0n) is 30.3. The number of likely N-dealkylation sites (N-methyl/N-ethyl adjacent to an activating group) is 1. The van der Waals surface area contributed by atoms with Crippen molar-refractivity contribution in [3.8, 4) is 0 Å². The molecule has 278 valence electrons. The van der Waals surface area contributed by atoms with E-state index >= 15 is 0 Å². The van der Waals surface area contributed by atoms with E-state index in [2.05, 4.69) is 25.3 Å². The number of rotatable bonds is 15. The van der Waals surface area contributed by atoms with Gasteiger partial charge in [-0.3, -0.25) is 14.6 Å². The topological polar surface area (TPSA) is 188 Å². The number of carbonyl (C=O) groups is 3. The molecule has 0 radical (unpaired) electrons. The molecule has 52 heavy (non-hydrogen) atoms. The molecular weight excluding hydrogens is 683 g/mol. The molecule has 0 saturated heterocycles. The molecule has 1 aromatic heterocycles. The van der Waals surface area contributed by atoms with Crippen LogP contribution >= 0.6 is 0 Å². The predicted molar refractivity (Wildman–Crippen MR) is 202 cm³/mol. The van der Waals surface area contributed by atoms with Crippen molar-refractivity contribution >= 4 is 44.8 Å². The van der Waals surface area contributed by atoms with E-state index in [-0.39, 0.29) is 42.6 Å². The van der Waals surface area contributed by atoms with Crippen molar-refractivity contribution in [3.63, 3.8) is 0 Å². The maximum atomic E-state index is 14.1. The minimum absolute atomic E-state index is 0.0470. The van der Waals surface area contributed by atoms with Gasteiger partial charge in [0.1, 0.15) is 17.7 Å². The van der Waals surface area contributed by atoms with Crippen molar-refractivity contribution in [2.24, 2.45) is 10.7 Å². The fourth-order valence-electron chi connectivity index (χ4n) is 5.61. The fraction of sp³-hybridized carbons (Fsp3) is 0.368. The number of aryl methyl sites for hydroxylation is 1. The Balaban J connectivity index is 1.49. The molecule has 2 atom stereocenters. The first kappa shape index (κ1) is 39.4. The molecule has 4 rings (SSSR count). The van der Waals surface area contributed by atoms with Gasteiger partial charge in [0, 0.05) is 43.7 Å². The SMILES string of the molecule is Cc1ccc(S(=O)(=O)NC(N)=NCCC[C@@H](C(=O)NCCc2c[nH]c3ccccc23)N(C)C(=O)[C@@H](Cc2ccccc2)NC(=O)OC(C)(C)C)cc1. The van der Waals surface area contributed by atoms with E-state index in [9.17, 15) is 22.8 Å². The Morgan fingerprint density at radius 2 is 1.65 bits per heavy atom. The van der Waals surface area contributed by atoms with Crippen LogP contribution in [0.1, 0.15) is 50.3 Å². The lowest BCUT2D eigenvalue weighted by atomic mass is 10.0. The molecular formula is C38H49N7O6S. The van der Waals surface area contributed by atoms with Gasteiger partial charge in [0.2, 0.25) is 17.8 Å². The highest BCUT2D eigenvalue weighted by Gasteiger charge is 2.33. The number of aromatic nitrogens is 1. The second-order valence-corrected chi connectivity index (χ2v) is 15.3. The van der Waals surface area contributed by atoms with E-state index in [4.69, 9.17) is 10.5 Å². The van der Waals surface area contributed by atoms with Gasteiger partial charge >= 0.3 is 6.09 Å². The number of guanidine groups is 1. The van der Waals surface area contributed by atoms with E-state index in [1.54, 1.807) is 32.9 Å². The molecule has 0 unspecified atom stereocenters. The van der Waals surface area contributed by atoms with Crippen LogP contribution in [0.4, 0.5) is 4.79 Å². The highest BCUT2D eigenvalue weighted by atomic mass is 32.2. The summed E-state index contributed by atoms with van der Waals surface area (Å²) in [5.74, 6) is -1.17. The van der Waals surface area contributed by atoms with Crippen LogP contribution in [0.3, 0.4) is 0 Å². The Hall–Kier alpha value is -5.37. The lowest BCUT2D eigenvalue weighted by Gasteiger charge is -2.31. The zero-order valence-corrected chi connectivity index (χ0v) is 31.1. The van der Waals surface area contributed by atoms with Crippen LogP contribution < -0.4 is 21.1 Å². The van der Waals surface area contributed by atoms with Gasteiger partial charge in [0.15, 0.2) is 0 Å². The normalized spacial score (nSPS) is 13.2. The monoisotopic (exact) mass is 731 g/mol. The standard InChI is InChI=1S/C38H49N7O6S/c1-26-17-19-29(20-18-26)52(49,50)44-36(39)41-22-11-16-33(34(46)40-23-21-28-25-42-31-15-10-9-14-30(28)31)45(5)35(47)32(24-27-12-7-6-8-13-27)43-37(48)51-38(2,3)4/h6-10,12-15,17-20,25,32-33,42H,11,16,21-24H2,1-5H3,(H,40,46)(H,43,48)(H3,39,41,44)/t32-,33+/m1/s1. The lowest BCUT2D eigenvalue weighted by molar-refractivity contribution is -0.140. The summed E-state index contributed by atoms with van der Waals surface area (Å²) >= 11 is 0. The molecule has 3 amide bonds. The van der Waals surface area contributed by atoms with Gasteiger partial charge in [0.05, 0.1) is 4.90 Å². The van der Waals surface area contributed by atoms with Crippen molar-refractivity contribution in [2.45, 2.75) is 76.0 Å². The summed E-state index contributed by atoms with van der Waals surface area (Å²) in [7, 11) is -2.42. The number of carbonyl (C=O) groups excluding carboxylic acids is 3. The third-order valence-corrected chi connectivity index (χ3v) is 9.62. The molecule has 0 spiro atoms. The first-order valence-electron chi connectivity index (χ1n) is 17.1. The number of alkyl carbamates (subject to hydrolysis) is 1. The van der Waals surface area contributed by atoms with Gasteiger partial charge < -0.3 is 31.0 Å². The van der Waals surface area contributed by atoms with Crippen LogP contribution in [-0.2, 0) is 37.2 Å². The maximum absolute atomic E-state index is 14.1. The van der Waals surface area contributed by atoms with Crippen molar-refractivity contribution in [1.82, 2.24) is 25.2 Å². The average molecular weight is 732 g/mol. The minimum atomic E-state index is -3.94. The second-order valence-electron chi connectivity index (χ2n) is 13.6. The second kappa shape index (κ2) is 17.7. The summed E-state index contributed by atoms with van der Waals surface area (Å²) < 4.78 is 33.2. The highest BCUT2D eigenvalue weighted by Crippen LogP contribution is 2.18. The minimum Gasteiger partial charge on any atom is -0.444 e. The maximum Gasteiger partial charge on any atom is 0.408 e. The van der Waals surface area contributed by atoms with Crippen LogP contribution in [0.2, 0.25) is 0 Å². The van der Waals surface area contributed by atoms with E-state index in [1.807, 2.05) is 67.7 Å². The van der Waals surface area contributed by atoms with Gasteiger partial charge in [0.25, 0.3) is 10.0 Å². The smallest absolute Gasteiger partial charge is 0.408 e. The van der Waals surface area contributed by atoms with Crippen LogP contribution in [0, 0.1) is 6.92 Å². The Morgan fingerprint density at radius 1 is 0.981 bits per heavy atom. The first-order chi connectivity index (χ1) is 24.6. The van der Waals surface area contributed by atoms with E-state index in [1.165, 1.54) is 24.1 Å². The highest BCUT2D eigenvalue weighted by molar-refractivity contribution is 7.90. The number of fused-ring (bicyclic) bond motifs is 1. The third-order valence-electron chi connectivity index (χ3n) is 8.25. The number of amides is 3. The van der Waals surface area contributed by atoms with E-state index in [0.29, 0.717) is 13.0 Å². The molecule has 0 aliphatic heterocycles. The van der Waals surface area contributed by atoms with Gasteiger partial charge in [-0.15, -0.1) is 0 Å². The summed E-state index contributed by atoms with van der Waals surface area (Å²) in [4.78, 5) is 49.5. The molecule has 6 N–H and O–H groups in total. The summed E-state index contributed by atoms with van der Waals surface area (Å²) in [6.07, 6.45) is 2.34. The number of H-pyrrole nitrogens is 1. The quantitative estimate of drug-likeness (QED) is 0.0689. The number of aliphatic imine (C=N–C) groups is 1. The molecule has 0 aliphatic rings. The molecule has 0 aliphatic carbocycles. The Labute approximate surface area is 305 Å². The Bertz CT molecular complexity index is 1950. The van der Waals surface area contributed by atoms with Crippen LogP contribution in [0.15, 0.2) is 94.9 Å². The number of hydrogen-bond acceptors (Lipinski definition) is 7. The third kappa shape index (κ3) is 11.6. The van der Waals surface area contributed by atoms with Crippen molar-refractivity contribution < 1.29 is 27.5 Å². The zero-order chi connectivity index (χ0) is 37.9. The molecule has 4 aromatic rings. The molecule has 14 heteroatoms. The number of para-hydroxylation sites is 1. The molecule has 0 fully saturated rings. The lowest BCUT2D eigenvalue weighted by Crippen LogP contribution is -2.55. The number of sulfonamides is 1. The van der Waals surface area contributed by atoms with Crippen molar-refractivity contribution in [2.75, 3.05) is 20.1 Å². The van der Waals surface area contributed by atoms with Gasteiger partial charge in [-0.2, -0.15) is 0 Å². The largest absolute Gasteiger partial charge is 0.444 e. The van der Waals surface area contributed by atoms with Crippen molar-refractivity contribution in [1.29, 1.82) is 0 Å². The van der Waals surface area contributed by atoms with E-state index < -0.39 is 39.7 Å². The van der Waals surface area contributed by atoms with Gasteiger partial charge in [-0.05, 0) is 76.3 Å². The first-order valence-corrected chi connectivity index (χ1v) is 18.6. The van der Waals surface area contributed by atoms with Gasteiger partial charge in [-0.1, -0.05) is 66.2 Å². The Morgan fingerprint density at radius 3 is 2.35 bits per heavy atom. The number of hydrogen-bond donors (Lipinski definition) is 5. The number of benzene rings is 3. The van der Waals surface area contributed by atoms with Crippen LogP contribution in [0.5, 0.6) is 0 Å². The summed E-state index contributed by atoms with van der Waals surface area (Å²) in [5, 5.41) is 6.74. The number of nitrogens with one attached hydrogen (secondary N) is 4. The number of aromatic amines is 1. The summed E-state index contributed by atoms with van der Waals surface area (Å²) in [5.41, 5.74) is 8.89. The molecule has 13 nitrogen and oxygen atoms in total. The number of nitrogens with two attached hydrogens (primary N) is 1. The number of ether oxygens (including phenoxy) is 1. The fourth-order valence-corrected chi connectivity index (χ4v) is 6.56. The average Bonchev–Trinajstić information content (AvgIpc) is 3.50. The van der Waals surface area contributed by atoms with Crippen LogP contribution in [-0.4, -0.2) is 80.0 Å². The predicted octanol–water partition coefficient (Wildman–Crippen LogP) is 4.17. The number of nitrogens with zero attached hydrogens (tertiary/aromatic N) is 2. The molecule has 0 bridgehead atoms.